The lowest BCUT2D eigenvalue weighted by Gasteiger charge is -2.31. The smallest absolute Gasteiger partial charge is 0.387 e. The van der Waals surface area contributed by atoms with Gasteiger partial charge in [-0.15, -0.1) is 0 Å². The zero-order chi connectivity index (χ0) is 15.2. The van der Waals surface area contributed by atoms with Crippen molar-refractivity contribution in [1.29, 1.82) is 0 Å². The van der Waals surface area contributed by atoms with Gasteiger partial charge in [-0.2, -0.15) is 8.78 Å². The van der Waals surface area contributed by atoms with Crippen LogP contribution in [0.5, 0.6) is 5.75 Å². The maximum Gasteiger partial charge on any atom is 0.387 e. The lowest BCUT2D eigenvalue weighted by Crippen LogP contribution is -2.41. The summed E-state index contributed by atoms with van der Waals surface area (Å²) in [4.78, 5) is 13.9. The summed E-state index contributed by atoms with van der Waals surface area (Å²) >= 11 is 0. The molecule has 0 spiro atoms. The lowest BCUT2D eigenvalue weighted by atomic mass is 10.0. The minimum absolute atomic E-state index is 0.0200. The van der Waals surface area contributed by atoms with E-state index < -0.39 is 6.61 Å². The van der Waals surface area contributed by atoms with Crippen molar-refractivity contribution < 1.29 is 18.3 Å². The summed E-state index contributed by atoms with van der Waals surface area (Å²) in [6, 6.07) is 6.37. The molecule has 1 N–H and O–H groups in total. The molecule has 1 atom stereocenters. The van der Waals surface area contributed by atoms with E-state index in [1.165, 1.54) is 6.07 Å². The second-order valence-electron chi connectivity index (χ2n) is 5.32. The average molecular weight is 298 g/mol. The Morgan fingerprint density at radius 1 is 1.48 bits per heavy atom. The van der Waals surface area contributed by atoms with Crippen LogP contribution in [0, 0.1) is 5.92 Å². The molecule has 1 amide bonds. The number of hydrogen-bond acceptors (Lipinski definition) is 3. The molecule has 6 heteroatoms. The van der Waals surface area contributed by atoms with E-state index in [9.17, 15) is 13.6 Å². The normalized spacial score (nSPS) is 18.7. The van der Waals surface area contributed by atoms with Gasteiger partial charge < -0.3 is 15.0 Å². The molecule has 0 aromatic heterocycles. The first-order valence-electron chi connectivity index (χ1n) is 7.11. The van der Waals surface area contributed by atoms with E-state index in [1.807, 2.05) is 4.90 Å². The Kier molecular flexibility index (Phi) is 5.36. The molecule has 0 bridgehead atoms. The first kappa shape index (κ1) is 15.5. The molecule has 116 valence electrons. The molecule has 1 aromatic carbocycles. The number of benzene rings is 1. The van der Waals surface area contributed by atoms with Gasteiger partial charge in [-0.3, -0.25) is 4.79 Å². The fourth-order valence-electron chi connectivity index (χ4n) is 2.51. The summed E-state index contributed by atoms with van der Waals surface area (Å²) in [6.07, 6.45) is 2.15. The van der Waals surface area contributed by atoms with Crippen molar-refractivity contribution >= 4 is 11.6 Å². The van der Waals surface area contributed by atoms with Crippen LogP contribution in [-0.2, 0) is 4.79 Å². The molecular weight excluding hydrogens is 278 g/mol. The van der Waals surface area contributed by atoms with Crippen LogP contribution in [0.25, 0.3) is 0 Å². The van der Waals surface area contributed by atoms with Crippen LogP contribution in [0.4, 0.5) is 14.5 Å². The largest absolute Gasteiger partial charge is 0.433 e. The zero-order valence-electron chi connectivity index (χ0n) is 12.0. The topological polar surface area (TPSA) is 41.6 Å². The highest BCUT2D eigenvalue weighted by atomic mass is 19.3. The quantitative estimate of drug-likeness (QED) is 0.908. The monoisotopic (exact) mass is 298 g/mol. The Morgan fingerprint density at radius 3 is 2.95 bits per heavy atom. The number of nitrogens with zero attached hydrogens (tertiary/aromatic N) is 1. The first-order valence-corrected chi connectivity index (χ1v) is 7.11. The van der Waals surface area contributed by atoms with Gasteiger partial charge in [0.2, 0.25) is 5.91 Å². The van der Waals surface area contributed by atoms with E-state index in [0.29, 0.717) is 11.6 Å². The van der Waals surface area contributed by atoms with Crippen LogP contribution in [-0.4, -0.2) is 37.1 Å². The zero-order valence-corrected chi connectivity index (χ0v) is 12.0. The molecule has 1 aliphatic rings. The maximum atomic E-state index is 12.3. The summed E-state index contributed by atoms with van der Waals surface area (Å²) in [5.41, 5.74) is 0.399. The van der Waals surface area contributed by atoms with Crippen molar-refractivity contribution in [2.75, 3.05) is 25.0 Å². The molecule has 1 fully saturated rings. The number of piperidine rings is 1. The van der Waals surface area contributed by atoms with Gasteiger partial charge in [0, 0.05) is 13.1 Å². The number of hydrogen-bond donors (Lipinski definition) is 1. The van der Waals surface area contributed by atoms with E-state index in [1.54, 1.807) is 18.2 Å². The Morgan fingerprint density at radius 2 is 2.24 bits per heavy atom. The number of para-hydroxylation sites is 2. The Labute approximate surface area is 123 Å². The fraction of sp³-hybridized carbons (Fsp3) is 0.533. The van der Waals surface area contributed by atoms with Crippen LogP contribution in [0.3, 0.4) is 0 Å². The molecule has 1 saturated heterocycles. The lowest BCUT2D eigenvalue weighted by molar-refractivity contribution is -0.130. The standard InChI is InChI=1S/C15H20F2N2O2/c1-11-5-4-8-19(10-11)14(20)9-18-12-6-2-3-7-13(12)21-15(16)17/h2-3,6-7,11,15,18H,4-5,8-10H2,1H3. The van der Waals surface area contributed by atoms with Gasteiger partial charge >= 0.3 is 6.61 Å². The molecule has 1 heterocycles. The number of amides is 1. The molecule has 21 heavy (non-hydrogen) atoms. The number of anilines is 1. The van der Waals surface area contributed by atoms with E-state index in [4.69, 9.17) is 0 Å². The summed E-state index contributed by atoms with van der Waals surface area (Å²) < 4.78 is 29.0. The summed E-state index contributed by atoms with van der Waals surface area (Å²) in [7, 11) is 0. The molecule has 1 unspecified atom stereocenters. The van der Waals surface area contributed by atoms with Gasteiger partial charge in [-0.25, -0.2) is 0 Å². The minimum Gasteiger partial charge on any atom is -0.433 e. The Hall–Kier alpha value is -1.85. The van der Waals surface area contributed by atoms with Gasteiger partial charge in [0.25, 0.3) is 0 Å². The summed E-state index contributed by atoms with van der Waals surface area (Å²) in [5, 5.41) is 2.88. The molecule has 1 aromatic rings. The Bertz CT molecular complexity index is 482. The van der Waals surface area contributed by atoms with E-state index >= 15 is 0 Å². The number of carbonyl (C=O) groups excluding carboxylic acids is 1. The third-order valence-corrected chi connectivity index (χ3v) is 3.54. The highest BCUT2D eigenvalue weighted by molar-refractivity contribution is 5.81. The average Bonchev–Trinajstić information content (AvgIpc) is 2.45. The number of ether oxygens (including phenoxy) is 1. The van der Waals surface area contributed by atoms with Crippen LogP contribution in [0.2, 0.25) is 0 Å². The SMILES string of the molecule is CC1CCCN(C(=O)CNc2ccccc2OC(F)F)C1. The van der Waals surface area contributed by atoms with Crippen molar-refractivity contribution in [2.45, 2.75) is 26.4 Å². The number of carbonyl (C=O) groups is 1. The predicted molar refractivity (Wildman–Crippen MR) is 76.5 cm³/mol. The fourth-order valence-corrected chi connectivity index (χ4v) is 2.51. The number of halogens is 2. The Balaban J connectivity index is 1.91. The van der Waals surface area contributed by atoms with Crippen LogP contribution >= 0.6 is 0 Å². The molecule has 4 nitrogen and oxygen atoms in total. The van der Waals surface area contributed by atoms with Gasteiger partial charge in [-0.1, -0.05) is 19.1 Å². The third kappa shape index (κ3) is 4.58. The second-order valence-corrected chi connectivity index (χ2v) is 5.32. The highest BCUT2D eigenvalue weighted by Crippen LogP contribution is 2.25. The maximum absolute atomic E-state index is 12.3. The van der Waals surface area contributed by atoms with Crippen LogP contribution in [0.15, 0.2) is 24.3 Å². The molecular formula is C15H20F2N2O2. The molecule has 0 radical (unpaired) electrons. The van der Waals surface area contributed by atoms with Gasteiger partial charge in [-0.05, 0) is 30.9 Å². The van der Waals surface area contributed by atoms with Crippen LogP contribution < -0.4 is 10.1 Å². The van der Waals surface area contributed by atoms with Gasteiger partial charge in [0.05, 0.1) is 12.2 Å². The van der Waals surface area contributed by atoms with Crippen molar-refractivity contribution in [2.24, 2.45) is 5.92 Å². The molecule has 2 rings (SSSR count). The van der Waals surface area contributed by atoms with Gasteiger partial charge in [0.15, 0.2) is 0 Å². The third-order valence-electron chi connectivity index (χ3n) is 3.54. The van der Waals surface area contributed by atoms with Crippen molar-refractivity contribution in [3.8, 4) is 5.75 Å². The minimum atomic E-state index is -2.88. The highest BCUT2D eigenvalue weighted by Gasteiger charge is 2.20. The van der Waals surface area contributed by atoms with E-state index in [-0.39, 0.29) is 18.2 Å². The van der Waals surface area contributed by atoms with E-state index in [0.717, 1.165) is 25.9 Å². The van der Waals surface area contributed by atoms with E-state index in [2.05, 4.69) is 17.0 Å². The van der Waals surface area contributed by atoms with Crippen molar-refractivity contribution in [3.63, 3.8) is 0 Å². The number of alkyl halides is 2. The van der Waals surface area contributed by atoms with Crippen molar-refractivity contribution in [1.82, 2.24) is 4.90 Å². The second kappa shape index (κ2) is 7.24. The predicted octanol–water partition coefficient (Wildman–Crippen LogP) is 2.96. The molecule has 0 aliphatic carbocycles. The van der Waals surface area contributed by atoms with Crippen LogP contribution in [0.1, 0.15) is 19.8 Å². The molecule has 0 saturated carbocycles. The number of rotatable bonds is 5. The number of nitrogens with one attached hydrogen (secondary N) is 1. The van der Waals surface area contributed by atoms with Crippen molar-refractivity contribution in [3.05, 3.63) is 24.3 Å². The molecule has 1 aliphatic heterocycles. The first-order chi connectivity index (χ1) is 10.1. The summed E-state index contributed by atoms with van der Waals surface area (Å²) in [6.45, 7) is 0.844. The summed E-state index contributed by atoms with van der Waals surface area (Å²) in [5.74, 6) is 0.540. The van der Waals surface area contributed by atoms with Gasteiger partial charge in [0.1, 0.15) is 5.75 Å². The number of likely N-dealkylation sites (tertiary alicyclic amines) is 1.